The lowest BCUT2D eigenvalue weighted by molar-refractivity contribution is -0.134. The Morgan fingerprint density at radius 2 is 1.96 bits per heavy atom. The lowest BCUT2D eigenvalue weighted by Crippen LogP contribution is -2.44. The fourth-order valence-corrected chi connectivity index (χ4v) is 2.77. The van der Waals surface area contributed by atoms with Crippen LogP contribution in [-0.4, -0.2) is 54.8 Å². The molecule has 1 fully saturated rings. The van der Waals surface area contributed by atoms with Crippen LogP contribution >= 0.6 is 11.6 Å². The van der Waals surface area contributed by atoms with Crippen LogP contribution in [0.2, 0.25) is 5.02 Å². The molecule has 1 heterocycles. The Morgan fingerprint density at radius 1 is 1.30 bits per heavy atom. The van der Waals surface area contributed by atoms with Gasteiger partial charge in [-0.3, -0.25) is 14.5 Å². The van der Waals surface area contributed by atoms with Gasteiger partial charge in [0.2, 0.25) is 11.8 Å². The molecule has 1 N–H and O–H groups in total. The number of nitrogens with one attached hydrogen (secondary N) is 1. The van der Waals surface area contributed by atoms with Gasteiger partial charge in [0, 0.05) is 7.05 Å². The smallest absolute Gasteiger partial charge is 0.244 e. The third-order valence-corrected chi connectivity index (χ3v) is 4.52. The minimum Gasteiger partial charge on any atom is -0.335 e. The third-order valence-electron chi connectivity index (χ3n) is 4.19. The van der Waals surface area contributed by atoms with E-state index in [4.69, 9.17) is 11.6 Å². The molecule has 0 bridgehead atoms. The Balaban J connectivity index is 1.79. The number of likely N-dealkylation sites (tertiary alicyclic amines) is 1. The highest BCUT2D eigenvalue weighted by molar-refractivity contribution is 6.33. The van der Waals surface area contributed by atoms with Crippen molar-refractivity contribution in [2.24, 2.45) is 5.92 Å². The zero-order chi connectivity index (χ0) is 16.8. The largest absolute Gasteiger partial charge is 0.335 e. The Bertz CT molecular complexity index is 557. The van der Waals surface area contributed by atoms with Crippen LogP contribution in [0, 0.1) is 5.92 Å². The Labute approximate surface area is 142 Å². The molecule has 0 saturated carbocycles. The number of para-hydroxylation sites is 1. The SMILES string of the molecule is CC1CCN(CC(=O)N(C)CC(=O)Nc2ccccc2Cl)CC1. The predicted octanol–water partition coefficient (Wildman–Crippen LogP) is 2.47. The zero-order valence-corrected chi connectivity index (χ0v) is 14.5. The van der Waals surface area contributed by atoms with Crippen LogP contribution < -0.4 is 5.32 Å². The molecular formula is C17H24ClN3O2. The van der Waals surface area contributed by atoms with Crippen molar-refractivity contribution in [3.8, 4) is 0 Å². The number of rotatable bonds is 5. The fraction of sp³-hybridized carbons (Fsp3) is 0.529. The number of anilines is 1. The molecule has 1 aliphatic heterocycles. The van der Waals surface area contributed by atoms with Gasteiger partial charge in [0.05, 0.1) is 23.8 Å². The summed E-state index contributed by atoms with van der Waals surface area (Å²) in [5, 5.41) is 3.21. The van der Waals surface area contributed by atoms with E-state index in [9.17, 15) is 9.59 Å². The van der Waals surface area contributed by atoms with Crippen LogP contribution in [0.5, 0.6) is 0 Å². The minimum absolute atomic E-state index is 0.0221. The zero-order valence-electron chi connectivity index (χ0n) is 13.7. The second-order valence-corrected chi connectivity index (χ2v) is 6.64. The topological polar surface area (TPSA) is 52.7 Å². The molecule has 0 radical (unpaired) electrons. The lowest BCUT2D eigenvalue weighted by Gasteiger charge is -2.30. The molecule has 0 aliphatic carbocycles. The van der Waals surface area contributed by atoms with E-state index in [2.05, 4.69) is 17.1 Å². The first kappa shape index (κ1) is 17.8. The summed E-state index contributed by atoms with van der Waals surface area (Å²) in [6.07, 6.45) is 2.26. The monoisotopic (exact) mass is 337 g/mol. The van der Waals surface area contributed by atoms with Crippen LogP contribution in [0.1, 0.15) is 19.8 Å². The Kier molecular flexibility index (Phi) is 6.42. The summed E-state index contributed by atoms with van der Waals surface area (Å²) in [4.78, 5) is 27.9. The summed E-state index contributed by atoms with van der Waals surface area (Å²) in [6, 6.07) is 7.04. The van der Waals surface area contributed by atoms with Crippen molar-refractivity contribution < 1.29 is 9.59 Å². The van der Waals surface area contributed by atoms with E-state index in [1.807, 2.05) is 0 Å². The molecule has 5 nitrogen and oxygen atoms in total. The van der Waals surface area contributed by atoms with E-state index in [1.54, 1.807) is 31.3 Å². The Hall–Kier alpha value is -1.59. The fourth-order valence-electron chi connectivity index (χ4n) is 2.59. The van der Waals surface area contributed by atoms with E-state index in [-0.39, 0.29) is 18.4 Å². The summed E-state index contributed by atoms with van der Waals surface area (Å²) in [7, 11) is 1.65. The highest BCUT2D eigenvalue weighted by Crippen LogP contribution is 2.20. The van der Waals surface area contributed by atoms with Crippen LogP contribution in [-0.2, 0) is 9.59 Å². The van der Waals surface area contributed by atoms with Crippen molar-refractivity contribution in [2.45, 2.75) is 19.8 Å². The number of carbonyl (C=O) groups is 2. The van der Waals surface area contributed by atoms with Crippen molar-refractivity contribution in [3.05, 3.63) is 29.3 Å². The average molecular weight is 338 g/mol. The van der Waals surface area contributed by atoms with Crippen molar-refractivity contribution in [1.82, 2.24) is 9.80 Å². The first-order valence-electron chi connectivity index (χ1n) is 7.96. The highest BCUT2D eigenvalue weighted by atomic mass is 35.5. The number of carbonyl (C=O) groups excluding carboxylic acids is 2. The molecule has 6 heteroatoms. The molecule has 126 valence electrons. The summed E-state index contributed by atoms with van der Waals surface area (Å²) in [5.41, 5.74) is 0.560. The number of nitrogens with zero attached hydrogens (tertiary/aromatic N) is 2. The molecule has 0 aromatic heterocycles. The van der Waals surface area contributed by atoms with Crippen LogP contribution in [0.25, 0.3) is 0 Å². The van der Waals surface area contributed by atoms with Crippen molar-refractivity contribution in [2.75, 3.05) is 38.5 Å². The summed E-state index contributed by atoms with van der Waals surface area (Å²) in [5.74, 6) is 0.454. The van der Waals surface area contributed by atoms with Crippen molar-refractivity contribution in [1.29, 1.82) is 0 Å². The van der Waals surface area contributed by atoms with Gasteiger partial charge >= 0.3 is 0 Å². The molecule has 2 amide bonds. The maximum atomic E-state index is 12.2. The number of amides is 2. The van der Waals surface area contributed by atoms with E-state index in [0.717, 1.165) is 31.8 Å². The molecule has 1 aromatic carbocycles. The third kappa shape index (κ3) is 5.52. The molecule has 23 heavy (non-hydrogen) atoms. The summed E-state index contributed by atoms with van der Waals surface area (Å²) >= 11 is 6.01. The van der Waals surface area contributed by atoms with E-state index in [1.165, 1.54) is 4.90 Å². The second-order valence-electron chi connectivity index (χ2n) is 6.24. The van der Waals surface area contributed by atoms with Gasteiger partial charge in [-0.05, 0) is 44.0 Å². The molecule has 0 unspecified atom stereocenters. The molecular weight excluding hydrogens is 314 g/mol. The van der Waals surface area contributed by atoms with Gasteiger partial charge in [0.25, 0.3) is 0 Å². The maximum Gasteiger partial charge on any atom is 0.244 e. The first-order valence-corrected chi connectivity index (χ1v) is 8.34. The summed E-state index contributed by atoms with van der Waals surface area (Å²) < 4.78 is 0. The van der Waals surface area contributed by atoms with Gasteiger partial charge in [-0.25, -0.2) is 0 Å². The van der Waals surface area contributed by atoms with Gasteiger partial charge in [0.1, 0.15) is 0 Å². The quantitative estimate of drug-likeness (QED) is 0.898. The number of benzene rings is 1. The first-order chi connectivity index (χ1) is 11.0. The lowest BCUT2D eigenvalue weighted by atomic mass is 9.99. The predicted molar refractivity (Wildman–Crippen MR) is 92.6 cm³/mol. The molecule has 0 atom stereocenters. The van der Waals surface area contributed by atoms with Crippen LogP contribution in [0.15, 0.2) is 24.3 Å². The van der Waals surface area contributed by atoms with E-state index in [0.29, 0.717) is 17.3 Å². The number of halogens is 1. The van der Waals surface area contributed by atoms with Crippen molar-refractivity contribution in [3.63, 3.8) is 0 Å². The second kappa shape index (κ2) is 8.31. The number of piperidine rings is 1. The maximum absolute atomic E-state index is 12.2. The molecule has 1 saturated heterocycles. The van der Waals surface area contributed by atoms with E-state index >= 15 is 0 Å². The molecule has 0 spiro atoms. The van der Waals surface area contributed by atoms with Crippen LogP contribution in [0.3, 0.4) is 0 Å². The molecule has 2 rings (SSSR count). The van der Waals surface area contributed by atoms with Gasteiger partial charge in [-0.2, -0.15) is 0 Å². The molecule has 1 aliphatic rings. The summed E-state index contributed by atoms with van der Waals surface area (Å²) in [6.45, 7) is 4.54. The van der Waals surface area contributed by atoms with Crippen molar-refractivity contribution >= 4 is 29.1 Å². The number of hydrogen-bond acceptors (Lipinski definition) is 3. The minimum atomic E-state index is -0.249. The van der Waals surface area contributed by atoms with Crippen LogP contribution in [0.4, 0.5) is 5.69 Å². The van der Waals surface area contributed by atoms with Gasteiger partial charge in [-0.1, -0.05) is 30.7 Å². The average Bonchev–Trinajstić information content (AvgIpc) is 2.51. The molecule has 1 aromatic rings. The van der Waals surface area contributed by atoms with Gasteiger partial charge in [0.15, 0.2) is 0 Å². The highest BCUT2D eigenvalue weighted by Gasteiger charge is 2.20. The standard InChI is InChI=1S/C17H24ClN3O2/c1-13-7-9-21(10-8-13)12-17(23)20(2)11-16(22)19-15-6-4-3-5-14(15)18/h3-6,13H,7-12H2,1-2H3,(H,19,22). The number of likely N-dealkylation sites (N-methyl/N-ethyl adjacent to an activating group) is 1. The Morgan fingerprint density at radius 3 is 2.61 bits per heavy atom. The van der Waals surface area contributed by atoms with Gasteiger partial charge < -0.3 is 10.2 Å². The normalized spacial score (nSPS) is 16.1. The van der Waals surface area contributed by atoms with Gasteiger partial charge in [-0.15, -0.1) is 0 Å². The van der Waals surface area contributed by atoms with E-state index < -0.39 is 0 Å². The number of hydrogen-bond donors (Lipinski definition) is 1.